The molecule has 1 fully saturated rings. The van der Waals surface area contributed by atoms with Gasteiger partial charge in [0, 0.05) is 6.61 Å². The van der Waals surface area contributed by atoms with E-state index in [1.807, 2.05) is 19.1 Å². The first-order valence-corrected chi connectivity index (χ1v) is 6.51. The zero-order valence-electron chi connectivity index (χ0n) is 11.1. The van der Waals surface area contributed by atoms with Gasteiger partial charge in [-0.25, -0.2) is 0 Å². The van der Waals surface area contributed by atoms with Crippen LogP contribution in [0.5, 0.6) is 5.75 Å². The first-order chi connectivity index (χ1) is 9.12. The minimum atomic E-state index is -0.675. The topological polar surface area (TPSA) is 73.6 Å². The maximum Gasteiger partial charge on any atom is 0.252 e. The highest BCUT2D eigenvalue weighted by atomic mass is 16.5. The Bertz CT molecular complexity index is 442. The van der Waals surface area contributed by atoms with Gasteiger partial charge in [-0.15, -0.1) is 0 Å². The van der Waals surface area contributed by atoms with Gasteiger partial charge in [0.25, 0.3) is 5.91 Å². The molecule has 1 aromatic rings. The summed E-state index contributed by atoms with van der Waals surface area (Å²) in [6, 6.07) is 7.29. The Morgan fingerprint density at radius 3 is 3.00 bits per heavy atom. The number of ether oxygens (including phenoxy) is 2. The van der Waals surface area contributed by atoms with Gasteiger partial charge in [-0.3, -0.25) is 4.79 Å². The summed E-state index contributed by atoms with van der Waals surface area (Å²) in [4.78, 5) is 11.9. The Labute approximate surface area is 113 Å². The van der Waals surface area contributed by atoms with Crippen molar-refractivity contribution >= 4 is 11.6 Å². The fourth-order valence-electron chi connectivity index (χ4n) is 2.08. The molecule has 1 unspecified atom stereocenters. The third kappa shape index (κ3) is 3.38. The molecule has 1 amide bonds. The van der Waals surface area contributed by atoms with Gasteiger partial charge < -0.3 is 20.5 Å². The molecule has 1 aromatic carbocycles. The summed E-state index contributed by atoms with van der Waals surface area (Å²) in [6.07, 6.45) is 1.70. The fraction of sp³-hybridized carbons (Fsp3) is 0.500. The van der Waals surface area contributed by atoms with Gasteiger partial charge in [0.1, 0.15) is 18.0 Å². The first-order valence-electron chi connectivity index (χ1n) is 6.51. The van der Waals surface area contributed by atoms with E-state index in [0.29, 0.717) is 31.2 Å². The van der Waals surface area contributed by atoms with E-state index < -0.39 is 5.60 Å². The fourth-order valence-corrected chi connectivity index (χ4v) is 2.08. The van der Waals surface area contributed by atoms with Gasteiger partial charge in [-0.05, 0) is 31.9 Å². The number of rotatable bonds is 5. The van der Waals surface area contributed by atoms with E-state index in [4.69, 9.17) is 15.2 Å². The highest BCUT2D eigenvalue weighted by molar-refractivity contribution is 5.84. The molecule has 1 heterocycles. The SMILES string of the molecule is CC1(C(=O)NCCOc2ccccc2N)CCCO1. The molecule has 1 aliphatic rings. The second kappa shape index (κ2) is 5.93. The highest BCUT2D eigenvalue weighted by Gasteiger charge is 2.37. The number of carbonyl (C=O) groups excluding carboxylic acids is 1. The van der Waals surface area contributed by atoms with Crippen molar-refractivity contribution in [3.63, 3.8) is 0 Å². The van der Waals surface area contributed by atoms with E-state index >= 15 is 0 Å². The van der Waals surface area contributed by atoms with E-state index in [-0.39, 0.29) is 5.91 Å². The van der Waals surface area contributed by atoms with Crippen molar-refractivity contribution < 1.29 is 14.3 Å². The summed E-state index contributed by atoms with van der Waals surface area (Å²) in [5.74, 6) is 0.565. The van der Waals surface area contributed by atoms with Crippen molar-refractivity contribution in [1.82, 2.24) is 5.32 Å². The Morgan fingerprint density at radius 2 is 2.32 bits per heavy atom. The van der Waals surface area contributed by atoms with Crippen LogP contribution in [0, 0.1) is 0 Å². The van der Waals surface area contributed by atoms with Crippen LogP contribution in [0.15, 0.2) is 24.3 Å². The van der Waals surface area contributed by atoms with E-state index in [1.165, 1.54) is 0 Å². The minimum absolute atomic E-state index is 0.0744. The van der Waals surface area contributed by atoms with Gasteiger partial charge >= 0.3 is 0 Å². The van der Waals surface area contributed by atoms with E-state index in [1.54, 1.807) is 12.1 Å². The molecule has 19 heavy (non-hydrogen) atoms. The summed E-state index contributed by atoms with van der Waals surface area (Å²) >= 11 is 0. The number of nitrogens with two attached hydrogens (primary N) is 1. The van der Waals surface area contributed by atoms with Crippen LogP contribution in [0.3, 0.4) is 0 Å². The summed E-state index contributed by atoms with van der Waals surface area (Å²) < 4.78 is 11.0. The first kappa shape index (κ1) is 13.7. The van der Waals surface area contributed by atoms with Crippen LogP contribution >= 0.6 is 0 Å². The molecule has 0 bridgehead atoms. The average Bonchev–Trinajstić information content (AvgIpc) is 2.84. The van der Waals surface area contributed by atoms with Crippen LogP contribution < -0.4 is 15.8 Å². The van der Waals surface area contributed by atoms with Gasteiger partial charge in [-0.2, -0.15) is 0 Å². The van der Waals surface area contributed by atoms with Crippen molar-refractivity contribution in [3.8, 4) is 5.75 Å². The van der Waals surface area contributed by atoms with Gasteiger partial charge in [0.15, 0.2) is 0 Å². The van der Waals surface area contributed by atoms with Gasteiger partial charge in [-0.1, -0.05) is 12.1 Å². The Hall–Kier alpha value is -1.75. The second-order valence-electron chi connectivity index (χ2n) is 4.83. The van der Waals surface area contributed by atoms with Crippen LogP contribution in [0.4, 0.5) is 5.69 Å². The molecule has 1 saturated heterocycles. The number of hydrogen-bond acceptors (Lipinski definition) is 4. The van der Waals surface area contributed by atoms with Crippen molar-refractivity contribution in [2.24, 2.45) is 0 Å². The predicted molar refractivity (Wildman–Crippen MR) is 73.0 cm³/mol. The molecule has 104 valence electrons. The van der Waals surface area contributed by atoms with Gasteiger partial charge in [0.2, 0.25) is 0 Å². The van der Waals surface area contributed by atoms with Crippen LogP contribution in [0.2, 0.25) is 0 Å². The number of hydrogen-bond donors (Lipinski definition) is 2. The second-order valence-corrected chi connectivity index (χ2v) is 4.83. The molecule has 0 radical (unpaired) electrons. The lowest BCUT2D eigenvalue weighted by Gasteiger charge is -2.21. The van der Waals surface area contributed by atoms with Crippen LogP contribution in [0.1, 0.15) is 19.8 Å². The van der Waals surface area contributed by atoms with Crippen molar-refractivity contribution in [1.29, 1.82) is 0 Å². The van der Waals surface area contributed by atoms with E-state index in [9.17, 15) is 4.79 Å². The number of nitrogens with one attached hydrogen (secondary N) is 1. The molecule has 0 saturated carbocycles. The standard InChI is InChI=1S/C14H20N2O3/c1-14(7-4-9-19-14)13(17)16-8-10-18-12-6-3-2-5-11(12)15/h2-3,5-6H,4,7-10,15H2,1H3,(H,16,17). The highest BCUT2D eigenvalue weighted by Crippen LogP contribution is 2.25. The van der Waals surface area contributed by atoms with E-state index in [2.05, 4.69) is 5.32 Å². The summed E-state index contributed by atoms with van der Waals surface area (Å²) in [5, 5.41) is 2.83. The number of para-hydroxylation sites is 2. The summed E-state index contributed by atoms with van der Waals surface area (Å²) in [5.41, 5.74) is 5.67. The predicted octanol–water partition coefficient (Wildman–Crippen LogP) is 1.33. The number of amides is 1. The molecule has 0 spiro atoms. The molecular formula is C14H20N2O3. The Balaban J connectivity index is 1.72. The minimum Gasteiger partial charge on any atom is -0.490 e. The maximum atomic E-state index is 11.9. The third-order valence-corrected chi connectivity index (χ3v) is 3.26. The van der Waals surface area contributed by atoms with Crippen molar-refractivity contribution in [2.45, 2.75) is 25.4 Å². The molecule has 0 aromatic heterocycles. The van der Waals surface area contributed by atoms with Gasteiger partial charge in [0.05, 0.1) is 12.2 Å². The number of carbonyl (C=O) groups is 1. The van der Waals surface area contributed by atoms with Crippen molar-refractivity contribution in [3.05, 3.63) is 24.3 Å². The molecule has 0 aliphatic carbocycles. The quantitative estimate of drug-likeness (QED) is 0.621. The lowest BCUT2D eigenvalue weighted by molar-refractivity contribution is -0.139. The van der Waals surface area contributed by atoms with E-state index in [0.717, 1.165) is 12.8 Å². The third-order valence-electron chi connectivity index (χ3n) is 3.26. The van der Waals surface area contributed by atoms with Crippen LogP contribution in [0.25, 0.3) is 0 Å². The number of benzene rings is 1. The molecule has 5 heteroatoms. The zero-order chi connectivity index (χ0) is 13.7. The van der Waals surface area contributed by atoms with Crippen LogP contribution in [-0.4, -0.2) is 31.3 Å². The van der Waals surface area contributed by atoms with Crippen LogP contribution in [-0.2, 0) is 9.53 Å². The molecule has 5 nitrogen and oxygen atoms in total. The Morgan fingerprint density at radius 1 is 1.53 bits per heavy atom. The largest absolute Gasteiger partial charge is 0.490 e. The monoisotopic (exact) mass is 264 g/mol. The molecule has 1 atom stereocenters. The lowest BCUT2D eigenvalue weighted by Crippen LogP contribution is -2.45. The normalized spacial score (nSPS) is 22.2. The molecular weight excluding hydrogens is 244 g/mol. The molecule has 3 N–H and O–H groups in total. The maximum absolute atomic E-state index is 11.9. The zero-order valence-corrected chi connectivity index (χ0v) is 11.1. The number of anilines is 1. The van der Waals surface area contributed by atoms with Crippen molar-refractivity contribution in [2.75, 3.05) is 25.5 Å². The number of nitrogen functional groups attached to an aromatic ring is 1. The lowest BCUT2D eigenvalue weighted by atomic mass is 10.0. The average molecular weight is 264 g/mol. The summed E-state index contributed by atoms with van der Waals surface area (Å²) in [7, 11) is 0. The molecule has 2 rings (SSSR count). The molecule has 1 aliphatic heterocycles. The summed E-state index contributed by atoms with van der Waals surface area (Å²) in [6.45, 7) is 3.30. The smallest absolute Gasteiger partial charge is 0.252 e. The Kier molecular flexibility index (Phi) is 4.27.